The lowest BCUT2D eigenvalue weighted by molar-refractivity contribution is -0.149. The molecule has 3 nitrogen and oxygen atoms in total. The Morgan fingerprint density at radius 2 is 2.00 bits per heavy atom. The van der Waals surface area contributed by atoms with Crippen molar-refractivity contribution in [3.8, 4) is 0 Å². The zero-order chi connectivity index (χ0) is 11.7. The summed E-state index contributed by atoms with van der Waals surface area (Å²) >= 11 is 0. The van der Waals surface area contributed by atoms with Crippen LogP contribution < -0.4 is 5.32 Å². The smallest absolute Gasteiger partial charge is 0.309 e. The van der Waals surface area contributed by atoms with Gasteiger partial charge in [0.1, 0.15) is 0 Å². The summed E-state index contributed by atoms with van der Waals surface area (Å²) in [6, 6.07) is 0. The number of esters is 1. The molecule has 0 aromatic heterocycles. The molecule has 0 saturated carbocycles. The van der Waals surface area contributed by atoms with Crippen LogP contribution in [0.25, 0.3) is 0 Å². The predicted octanol–water partition coefficient (Wildman–Crippen LogP) is 2.21. The van der Waals surface area contributed by atoms with E-state index < -0.39 is 0 Å². The van der Waals surface area contributed by atoms with E-state index in [0.29, 0.717) is 19.1 Å². The van der Waals surface area contributed by atoms with Crippen molar-refractivity contribution in [2.75, 3.05) is 19.7 Å². The number of hydrogen-bond donors (Lipinski definition) is 1. The van der Waals surface area contributed by atoms with Crippen molar-refractivity contribution in [1.82, 2.24) is 5.32 Å². The lowest BCUT2D eigenvalue weighted by atomic mass is 10.1. The van der Waals surface area contributed by atoms with Gasteiger partial charge in [0.05, 0.1) is 12.5 Å². The van der Waals surface area contributed by atoms with Gasteiger partial charge >= 0.3 is 5.97 Å². The summed E-state index contributed by atoms with van der Waals surface area (Å²) in [6.45, 7) is 10.3. The Bertz CT molecular complexity index is 171. The van der Waals surface area contributed by atoms with Crippen LogP contribution in [0.1, 0.15) is 40.5 Å². The summed E-state index contributed by atoms with van der Waals surface area (Å²) in [5, 5.41) is 3.14. The SMILES string of the molecule is CCCC(C)COC(=O)C(C)CNCC. The van der Waals surface area contributed by atoms with Gasteiger partial charge < -0.3 is 10.1 Å². The fraction of sp³-hybridized carbons (Fsp3) is 0.917. The Labute approximate surface area is 93.6 Å². The monoisotopic (exact) mass is 215 g/mol. The second-order valence-electron chi connectivity index (χ2n) is 4.23. The number of carbonyl (C=O) groups is 1. The molecule has 3 heteroatoms. The molecule has 0 amide bonds. The van der Waals surface area contributed by atoms with Crippen molar-refractivity contribution in [3.63, 3.8) is 0 Å². The van der Waals surface area contributed by atoms with Crippen molar-refractivity contribution in [1.29, 1.82) is 0 Å². The molecule has 0 aromatic carbocycles. The minimum Gasteiger partial charge on any atom is -0.465 e. The van der Waals surface area contributed by atoms with Crippen LogP contribution in [-0.4, -0.2) is 25.7 Å². The molecule has 0 aromatic rings. The van der Waals surface area contributed by atoms with Gasteiger partial charge in [0.2, 0.25) is 0 Å². The van der Waals surface area contributed by atoms with Crippen molar-refractivity contribution in [3.05, 3.63) is 0 Å². The lowest BCUT2D eigenvalue weighted by Gasteiger charge is -2.14. The highest BCUT2D eigenvalue weighted by Gasteiger charge is 2.14. The Hall–Kier alpha value is -0.570. The maximum atomic E-state index is 11.5. The zero-order valence-corrected chi connectivity index (χ0v) is 10.5. The summed E-state index contributed by atoms with van der Waals surface area (Å²) in [7, 11) is 0. The summed E-state index contributed by atoms with van der Waals surface area (Å²) in [6.07, 6.45) is 2.26. The quantitative estimate of drug-likeness (QED) is 0.631. The van der Waals surface area contributed by atoms with Gasteiger partial charge in [0.15, 0.2) is 0 Å². The summed E-state index contributed by atoms with van der Waals surface area (Å²) in [4.78, 5) is 11.5. The molecule has 0 aliphatic rings. The van der Waals surface area contributed by atoms with Crippen LogP contribution in [0.4, 0.5) is 0 Å². The van der Waals surface area contributed by atoms with Crippen LogP contribution in [0, 0.1) is 11.8 Å². The van der Waals surface area contributed by atoms with Crippen molar-refractivity contribution in [2.24, 2.45) is 11.8 Å². The number of rotatable bonds is 8. The highest BCUT2D eigenvalue weighted by atomic mass is 16.5. The minimum absolute atomic E-state index is 0.0428. The molecule has 15 heavy (non-hydrogen) atoms. The van der Waals surface area contributed by atoms with E-state index in [-0.39, 0.29) is 11.9 Å². The maximum Gasteiger partial charge on any atom is 0.309 e. The van der Waals surface area contributed by atoms with Crippen LogP contribution >= 0.6 is 0 Å². The van der Waals surface area contributed by atoms with Gasteiger partial charge in [-0.1, -0.05) is 34.1 Å². The minimum atomic E-state index is -0.0843. The molecule has 1 N–H and O–H groups in total. The Morgan fingerprint density at radius 1 is 1.33 bits per heavy atom. The van der Waals surface area contributed by atoms with Gasteiger partial charge in [-0.25, -0.2) is 0 Å². The van der Waals surface area contributed by atoms with Crippen LogP contribution in [0.2, 0.25) is 0 Å². The molecule has 0 rings (SSSR count). The molecule has 2 unspecified atom stereocenters. The number of hydrogen-bond acceptors (Lipinski definition) is 3. The highest BCUT2D eigenvalue weighted by Crippen LogP contribution is 2.07. The van der Waals surface area contributed by atoms with Gasteiger partial charge in [-0.2, -0.15) is 0 Å². The zero-order valence-electron chi connectivity index (χ0n) is 10.5. The van der Waals surface area contributed by atoms with E-state index in [9.17, 15) is 4.79 Å². The first-order valence-corrected chi connectivity index (χ1v) is 5.99. The van der Waals surface area contributed by atoms with E-state index in [1.165, 1.54) is 0 Å². The van der Waals surface area contributed by atoms with Crippen LogP contribution in [0.15, 0.2) is 0 Å². The summed E-state index contributed by atoms with van der Waals surface area (Å²) in [5.41, 5.74) is 0. The average molecular weight is 215 g/mol. The van der Waals surface area contributed by atoms with E-state index >= 15 is 0 Å². The third-order valence-electron chi connectivity index (χ3n) is 2.39. The highest BCUT2D eigenvalue weighted by molar-refractivity contribution is 5.72. The van der Waals surface area contributed by atoms with E-state index in [1.54, 1.807) is 0 Å². The first-order valence-electron chi connectivity index (χ1n) is 5.99. The molecule has 0 aliphatic carbocycles. The number of nitrogens with one attached hydrogen (secondary N) is 1. The van der Waals surface area contributed by atoms with Crippen molar-refractivity contribution < 1.29 is 9.53 Å². The van der Waals surface area contributed by atoms with Gasteiger partial charge in [-0.05, 0) is 18.9 Å². The molecule has 0 heterocycles. The molecule has 0 saturated heterocycles. The molecular formula is C12H25NO2. The second kappa shape index (κ2) is 8.72. The third kappa shape index (κ3) is 7.37. The fourth-order valence-corrected chi connectivity index (χ4v) is 1.39. The topological polar surface area (TPSA) is 38.3 Å². The second-order valence-corrected chi connectivity index (χ2v) is 4.23. The van der Waals surface area contributed by atoms with Crippen molar-refractivity contribution >= 4 is 5.97 Å². The maximum absolute atomic E-state index is 11.5. The molecule has 0 bridgehead atoms. The summed E-state index contributed by atoms with van der Waals surface area (Å²) < 4.78 is 5.24. The first kappa shape index (κ1) is 14.4. The van der Waals surface area contributed by atoms with E-state index in [1.807, 2.05) is 13.8 Å². The third-order valence-corrected chi connectivity index (χ3v) is 2.39. The van der Waals surface area contributed by atoms with Gasteiger partial charge in [-0.15, -0.1) is 0 Å². The standard InChI is InChI=1S/C12H25NO2/c1-5-7-10(3)9-15-12(14)11(4)8-13-6-2/h10-11,13H,5-9H2,1-4H3. The molecule has 0 fully saturated rings. The molecule has 90 valence electrons. The van der Waals surface area contributed by atoms with E-state index in [4.69, 9.17) is 4.74 Å². The normalized spacial score (nSPS) is 14.7. The Kier molecular flexibility index (Phi) is 8.38. The first-order chi connectivity index (χ1) is 7.11. The number of carbonyl (C=O) groups excluding carboxylic acids is 1. The molecule has 0 spiro atoms. The Balaban J connectivity index is 3.63. The van der Waals surface area contributed by atoms with Crippen LogP contribution in [0.3, 0.4) is 0 Å². The summed E-state index contributed by atoms with van der Waals surface area (Å²) in [5.74, 6) is 0.350. The van der Waals surface area contributed by atoms with E-state index in [2.05, 4.69) is 19.2 Å². The van der Waals surface area contributed by atoms with Gasteiger partial charge in [0, 0.05) is 6.54 Å². The predicted molar refractivity (Wildman–Crippen MR) is 62.7 cm³/mol. The molecule has 0 radical (unpaired) electrons. The van der Waals surface area contributed by atoms with Crippen LogP contribution in [0.5, 0.6) is 0 Å². The largest absolute Gasteiger partial charge is 0.465 e. The molecule has 0 aliphatic heterocycles. The molecular weight excluding hydrogens is 190 g/mol. The Morgan fingerprint density at radius 3 is 2.53 bits per heavy atom. The van der Waals surface area contributed by atoms with Gasteiger partial charge in [-0.3, -0.25) is 4.79 Å². The molecule has 2 atom stereocenters. The average Bonchev–Trinajstić information content (AvgIpc) is 2.22. The van der Waals surface area contributed by atoms with Crippen LogP contribution in [-0.2, 0) is 9.53 Å². The van der Waals surface area contributed by atoms with Gasteiger partial charge in [0.25, 0.3) is 0 Å². The van der Waals surface area contributed by atoms with E-state index in [0.717, 1.165) is 19.4 Å². The fourth-order valence-electron chi connectivity index (χ4n) is 1.39. The number of ether oxygens (including phenoxy) is 1. The lowest BCUT2D eigenvalue weighted by Crippen LogP contribution is -2.28. The van der Waals surface area contributed by atoms with Crippen molar-refractivity contribution in [2.45, 2.75) is 40.5 Å².